The van der Waals surface area contributed by atoms with E-state index < -0.39 is 10.0 Å². The van der Waals surface area contributed by atoms with Crippen LogP contribution in [0.1, 0.15) is 44.7 Å². The van der Waals surface area contributed by atoms with Gasteiger partial charge in [0, 0.05) is 13.1 Å². The van der Waals surface area contributed by atoms with Crippen LogP contribution in [0.3, 0.4) is 0 Å². The molecule has 2 rings (SSSR count). The fraction of sp³-hybridized carbons (Fsp3) is 0.769. The van der Waals surface area contributed by atoms with Gasteiger partial charge >= 0.3 is 0 Å². The zero-order valence-electron chi connectivity index (χ0n) is 11.9. The van der Waals surface area contributed by atoms with Crippen molar-refractivity contribution in [3.63, 3.8) is 0 Å². The molecule has 114 valence electrons. The number of thiazole rings is 1. The maximum atomic E-state index is 12.7. The Morgan fingerprint density at radius 3 is 2.75 bits per heavy atom. The minimum Gasteiger partial charge on any atom is -0.229 e. The van der Waals surface area contributed by atoms with Crippen LogP contribution < -0.4 is 0 Å². The van der Waals surface area contributed by atoms with Crippen molar-refractivity contribution in [3.05, 3.63) is 10.2 Å². The van der Waals surface area contributed by atoms with Crippen molar-refractivity contribution in [2.45, 2.75) is 50.2 Å². The van der Waals surface area contributed by atoms with Gasteiger partial charge in [-0.3, -0.25) is 0 Å². The molecule has 1 aromatic rings. The molecule has 7 heteroatoms. The lowest BCUT2D eigenvalue weighted by molar-refractivity contribution is 0.400. The molecular weight excluding hydrogens is 316 g/mol. The fourth-order valence-corrected chi connectivity index (χ4v) is 6.15. The van der Waals surface area contributed by atoms with Gasteiger partial charge in [-0.2, -0.15) is 4.31 Å². The molecule has 0 aliphatic carbocycles. The summed E-state index contributed by atoms with van der Waals surface area (Å²) >= 11 is 6.89. The molecule has 1 fully saturated rings. The highest BCUT2D eigenvalue weighted by Gasteiger charge is 2.30. The van der Waals surface area contributed by atoms with Gasteiger partial charge in [0.1, 0.15) is 0 Å². The Bertz CT molecular complexity index is 557. The highest BCUT2D eigenvalue weighted by molar-refractivity contribution is 7.91. The van der Waals surface area contributed by atoms with Gasteiger partial charge in [-0.05, 0) is 32.1 Å². The van der Waals surface area contributed by atoms with Crippen LogP contribution in [0.15, 0.2) is 4.21 Å². The number of hydrogen-bond donors (Lipinski definition) is 0. The van der Waals surface area contributed by atoms with E-state index >= 15 is 0 Å². The standard InChI is InChI=1S/C13H21ClN2O2S2/c1-3-5-11-6-4-8-16(9-7-11)20(17,18)12-10(2)15-13(14)19-12/h11H,3-9H2,1-2H3. The minimum atomic E-state index is -3.43. The molecule has 0 aromatic carbocycles. The van der Waals surface area contributed by atoms with Gasteiger partial charge in [-0.1, -0.05) is 42.7 Å². The van der Waals surface area contributed by atoms with Gasteiger partial charge in [-0.15, -0.1) is 0 Å². The van der Waals surface area contributed by atoms with Crippen LogP contribution in [0, 0.1) is 12.8 Å². The third-order valence-corrected chi connectivity index (χ3v) is 7.55. The summed E-state index contributed by atoms with van der Waals surface area (Å²) in [7, 11) is -3.43. The second-order valence-corrected chi connectivity index (χ2v) is 9.04. The largest absolute Gasteiger partial charge is 0.254 e. The average molecular weight is 337 g/mol. The Labute approximate surface area is 130 Å². The number of nitrogens with zero attached hydrogens (tertiary/aromatic N) is 2. The number of halogens is 1. The Kier molecular flexibility index (Phi) is 5.45. The SMILES string of the molecule is CCCC1CCCN(S(=O)(=O)c2sc(Cl)nc2C)CC1. The topological polar surface area (TPSA) is 50.3 Å². The summed E-state index contributed by atoms with van der Waals surface area (Å²) < 4.78 is 27.6. The molecule has 4 nitrogen and oxygen atoms in total. The van der Waals surface area contributed by atoms with E-state index in [-0.39, 0.29) is 0 Å². The lowest BCUT2D eigenvalue weighted by Gasteiger charge is -2.19. The second-order valence-electron chi connectivity index (χ2n) is 5.33. The quantitative estimate of drug-likeness (QED) is 0.842. The van der Waals surface area contributed by atoms with E-state index in [1.54, 1.807) is 11.2 Å². The third kappa shape index (κ3) is 3.53. The number of hydrogen-bond acceptors (Lipinski definition) is 4. The minimum absolute atomic E-state index is 0.291. The molecule has 0 saturated carbocycles. The molecule has 0 bridgehead atoms. The van der Waals surface area contributed by atoms with Crippen LogP contribution in [-0.2, 0) is 10.0 Å². The number of aromatic nitrogens is 1. The molecule has 1 aliphatic rings. The average Bonchev–Trinajstić information content (AvgIpc) is 2.61. The number of aryl methyl sites for hydroxylation is 1. The zero-order chi connectivity index (χ0) is 14.8. The third-order valence-electron chi connectivity index (χ3n) is 3.81. The summed E-state index contributed by atoms with van der Waals surface area (Å²) in [4.78, 5) is 4.02. The van der Waals surface area contributed by atoms with Gasteiger partial charge in [-0.25, -0.2) is 13.4 Å². The molecule has 1 aliphatic heterocycles. The Morgan fingerprint density at radius 1 is 1.40 bits per heavy atom. The van der Waals surface area contributed by atoms with Crippen LogP contribution in [0.4, 0.5) is 0 Å². The van der Waals surface area contributed by atoms with E-state index in [4.69, 9.17) is 11.6 Å². The van der Waals surface area contributed by atoms with Crippen molar-refractivity contribution in [1.29, 1.82) is 0 Å². The van der Waals surface area contributed by atoms with Crippen LogP contribution in [-0.4, -0.2) is 30.8 Å². The Balaban J connectivity index is 2.16. The van der Waals surface area contributed by atoms with E-state index in [2.05, 4.69) is 11.9 Å². The Morgan fingerprint density at radius 2 is 2.15 bits per heavy atom. The lowest BCUT2D eigenvalue weighted by Crippen LogP contribution is -2.32. The van der Waals surface area contributed by atoms with Gasteiger partial charge in [0.25, 0.3) is 10.0 Å². The molecule has 1 unspecified atom stereocenters. The van der Waals surface area contributed by atoms with Gasteiger partial charge in [0.15, 0.2) is 8.68 Å². The van der Waals surface area contributed by atoms with Crippen LogP contribution >= 0.6 is 22.9 Å². The summed E-state index contributed by atoms with van der Waals surface area (Å²) in [6, 6.07) is 0. The molecule has 0 N–H and O–H groups in total. The lowest BCUT2D eigenvalue weighted by atomic mass is 9.96. The fourth-order valence-electron chi connectivity index (χ4n) is 2.78. The number of rotatable bonds is 4. The Hall–Kier alpha value is -0.170. The highest BCUT2D eigenvalue weighted by Crippen LogP contribution is 2.31. The van der Waals surface area contributed by atoms with Crippen molar-refractivity contribution >= 4 is 33.0 Å². The highest BCUT2D eigenvalue weighted by atomic mass is 35.5. The van der Waals surface area contributed by atoms with E-state index in [9.17, 15) is 8.42 Å². The first-order chi connectivity index (χ1) is 9.45. The summed E-state index contributed by atoms with van der Waals surface area (Å²) in [5.74, 6) is 0.659. The predicted octanol–water partition coefficient (Wildman–Crippen LogP) is 3.70. The summed E-state index contributed by atoms with van der Waals surface area (Å²) in [5.41, 5.74) is 0.509. The summed E-state index contributed by atoms with van der Waals surface area (Å²) in [6.07, 6.45) is 5.39. The van der Waals surface area contributed by atoms with Crippen molar-refractivity contribution in [2.24, 2.45) is 5.92 Å². The summed E-state index contributed by atoms with van der Waals surface area (Å²) in [5, 5.41) is 0. The second kappa shape index (κ2) is 6.73. The van der Waals surface area contributed by atoms with Crippen molar-refractivity contribution in [3.8, 4) is 0 Å². The zero-order valence-corrected chi connectivity index (χ0v) is 14.3. The first-order valence-electron chi connectivity index (χ1n) is 7.08. The molecule has 0 amide bonds. The smallest absolute Gasteiger partial charge is 0.229 e. The van der Waals surface area contributed by atoms with Crippen molar-refractivity contribution in [2.75, 3.05) is 13.1 Å². The molecule has 2 heterocycles. The van der Waals surface area contributed by atoms with E-state index in [0.29, 0.717) is 33.4 Å². The van der Waals surface area contributed by atoms with E-state index in [1.165, 1.54) is 12.8 Å². The maximum Gasteiger partial charge on any atom is 0.254 e. The van der Waals surface area contributed by atoms with Gasteiger partial charge < -0.3 is 0 Å². The maximum absolute atomic E-state index is 12.7. The van der Waals surface area contributed by atoms with Crippen molar-refractivity contribution in [1.82, 2.24) is 9.29 Å². The monoisotopic (exact) mass is 336 g/mol. The van der Waals surface area contributed by atoms with Crippen LogP contribution in [0.2, 0.25) is 4.47 Å². The van der Waals surface area contributed by atoms with Crippen molar-refractivity contribution < 1.29 is 8.42 Å². The van der Waals surface area contributed by atoms with Crippen LogP contribution in [0.25, 0.3) is 0 Å². The van der Waals surface area contributed by atoms with Crippen LogP contribution in [0.5, 0.6) is 0 Å². The van der Waals surface area contributed by atoms with E-state index in [0.717, 1.165) is 30.6 Å². The molecule has 1 aromatic heterocycles. The summed E-state index contributed by atoms with van der Waals surface area (Å²) in [6.45, 7) is 5.11. The van der Waals surface area contributed by atoms with Gasteiger partial charge in [0.2, 0.25) is 0 Å². The number of sulfonamides is 1. The molecule has 0 spiro atoms. The predicted molar refractivity (Wildman–Crippen MR) is 82.9 cm³/mol. The first-order valence-corrected chi connectivity index (χ1v) is 9.71. The molecule has 20 heavy (non-hydrogen) atoms. The van der Waals surface area contributed by atoms with E-state index in [1.807, 2.05) is 0 Å². The normalized spacial score (nSPS) is 21.9. The molecular formula is C13H21ClN2O2S2. The molecule has 1 saturated heterocycles. The molecule has 1 atom stereocenters. The van der Waals surface area contributed by atoms with Gasteiger partial charge in [0.05, 0.1) is 5.69 Å². The molecule has 0 radical (unpaired) electrons. The first kappa shape index (κ1) is 16.2.